The van der Waals surface area contributed by atoms with Crippen LogP contribution in [0.1, 0.15) is 48.2 Å². The average Bonchev–Trinajstić information content (AvgIpc) is 3.15. The summed E-state index contributed by atoms with van der Waals surface area (Å²) in [6.07, 6.45) is 0.578. The van der Waals surface area contributed by atoms with Crippen molar-refractivity contribution in [2.24, 2.45) is 0 Å². The molecule has 2 atom stereocenters. The minimum Gasteiger partial charge on any atom is -0.352 e. The molecule has 0 bridgehead atoms. The molecule has 0 unspecified atom stereocenters. The van der Waals surface area contributed by atoms with Crippen molar-refractivity contribution in [1.29, 1.82) is 0 Å². The van der Waals surface area contributed by atoms with Crippen molar-refractivity contribution in [2.45, 2.75) is 56.6 Å². The van der Waals surface area contributed by atoms with E-state index in [1.165, 1.54) is 17.0 Å². The van der Waals surface area contributed by atoms with Crippen molar-refractivity contribution in [1.82, 2.24) is 14.5 Å². The first-order valence-corrected chi connectivity index (χ1v) is 15.5. The molecule has 0 aromatic heterocycles. The lowest BCUT2D eigenvalue weighted by molar-refractivity contribution is -0.141. The molecule has 216 valence electrons. The SMILES string of the molecule is CC[C@H](C)NC(=O)[C@@H](Cc1ccccc1)N(Cc1ccc(Cl)cc1Cl)C(=O)CCN1C(=O)c2ccccc2S1(=O)=O. The Labute approximate surface area is 250 Å². The first kappa shape index (κ1) is 30.6. The van der Waals surface area contributed by atoms with Crippen LogP contribution in [0.4, 0.5) is 0 Å². The summed E-state index contributed by atoms with van der Waals surface area (Å²) in [5.41, 5.74) is 1.47. The number of nitrogens with one attached hydrogen (secondary N) is 1. The van der Waals surface area contributed by atoms with Crippen molar-refractivity contribution < 1.29 is 22.8 Å². The Kier molecular flexibility index (Phi) is 9.73. The number of benzene rings is 3. The standard InChI is InChI=1S/C30H31Cl2N3O5S/c1-3-20(2)33-29(37)26(17-21-9-5-4-6-10-21)34(19-22-13-14-23(31)18-25(22)32)28(36)15-16-35-30(38)24-11-7-8-12-27(24)41(35,39)40/h4-14,18,20,26H,3,15-17,19H2,1-2H3,(H,33,37)/t20-,26+/m0/s1. The number of nitrogens with zero attached hydrogens (tertiary/aromatic N) is 2. The lowest BCUT2D eigenvalue weighted by atomic mass is 10.0. The Balaban J connectivity index is 1.66. The van der Waals surface area contributed by atoms with Crippen molar-refractivity contribution in [3.05, 3.63) is 99.5 Å². The highest BCUT2D eigenvalue weighted by molar-refractivity contribution is 7.90. The number of carbonyl (C=O) groups excluding carboxylic acids is 3. The van der Waals surface area contributed by atoms with Gasteiger partial charge in [0.2, 0.25) is 11.8 Å². The number of amides is 3. The minimum atomic E-state index is -4.09. The second-order valence-electron chi connectivity index (χ2n) is 9.91. The lowest BCUT2D eigenvalue weighted by Crippen LogP contribution is -2.52. The Hall–Kier alpha value is -3.40. The van der Waals surface area contributed by atoms with Crippen LogP contribution in [-0.4, -0.2) is 54.0 Å². The Bertz CT molecular complexity index is 1550. The second-order valence-corrected chi connectivity index (χ2v) is 12.6. The molecule has 0 fully saturated rings. The second kappa shape index (κ2) is 13.1. The molecule has 0 saturated heterocycles. The zero-order chi connectivity index (χ0) is 29.7. The molecule has 8 nitrogen and oxygen atoms in total. The van der Waals surface area contributed by atoms with E-state index in [-0.39, 0.29) is 48.3 Å². The van der Waals surface area contributed by atoms with Gasteiger partial charge in [-0.15, -0.1) is 0 Å². The highest BCUT2D eigenvalue weighted by Crippen LogP contribution is 2.30. The van der Waals surface area contributed by atoms with Gasteiger partial charge in [0.1, 0.15) is 10.9 Å². The van der Waals surface area contributed by atoms with Crippen molar-refractivity contribution >= 4 is 50.9 Å². The minimum absolute atomic E-state index is 0.0266. The predicted octanol–water partition coefficient (Wildman–Crippen LogP) is 5.08. The molecule has 0 aliphatic carbocycles. The average molecular weight is 617 g/mol. The van der Waals surface area contributed by atoms with Gasteiger partial charge in [0, 0.05) is 42.0 Å². The van der Waals surface area contributed by atoms with Gasteiger partial charge < -0.3 is 10.2 Å². The van der Waals surface area contributed by atoms with Crippen LogP contribution in [0.5, 0.6) is 0 Å². The number of hydrogen-bond acceptors (Lipinski definition) is 5. The fraction of sp³-hybridized carbons (Fsp3) is 0.300. The molecule has 0 spiro atoms. The molecular weight excluding hydrogens is 585 g/mol. The zero-order valence-electron chi connectivity index (χ0n) is 22.7. The Morgan fingerprint density at radius 2 is 1.68 bits per heavy atom. The molecule has 0 saturated carbocycles. The molecule has 1 aliphatic heterocycles. The number of carbonyl (C=O) groups is 3. The Morgan fingerprint density at radius 1 is 1.00 bits per heavy atom. The summed E-state index contributed by atoms with van der Waals surface area (Å²) in [6, 6.07) is 19.0. The topological polar surface area (TPSA) is 104 Å². The molecule has 41 heavy (non-hydrogen) atoms. The van der Waals surface area contributed by atoms with Gasteiger partial charge in [-0.3, -0.25) is 14.4 Å². The smallest absolute Gasteiger partial charge is 0.269 e. The fourth-order valence-corrected chi connectivity index (χ4v) is 6.66. The van der Waals surface area contributed by atoms with E-state index in [2.05, 4.69) is 5.32 Å². The van der Waals surface area contributed by atoms with E-state index in [0.717, 1.165) is 5.56 Å². The monoisotopic (exact) mass is 615 g/mol. The van der Waals surface area contributed by atoms with Crippen LogP contribution in [0.15, 0.2) is 77.7 Å². The molecule has 3 aromatic rings. The third kappa shape index (κ3) is 6.92. The van der Waals surface area contributed by atoms with E-state index in [1.807, 2.05) is 44.2 Å². The molecule has 1 N–H and O–H groups in total. The van der Waals surface area contributed by atoms with Gasteiger partial charge in [0.05, 0.1) is 5.56 Å². The first-order chi connectivity index (χ1) is 19.5. The molecule has 0 radical (unpaired) electrons. The van der Waals surface area contributed by atoms with Gasteiger partial charge in [-0.25, -0.2) is 12.7 Å². The van der Waals surface area contributed by atoms with E-state index >= 15 is 0 Å². The van der Waals surface area contributed by atoms with E-state index in [1.54, 1.807) is 30.3 Å². The van der Waals surface area contributed by atoms with Gasteiger partial charge in [0.15, 0.2) is 0 Å². The van der Waals surface area contributed by atoms with Crippen molar-refractivity contribution in [2.75, 3.05) is 6.54 Å². The fourth-order valence-electron chi connectivity index (χ4n) is 4.62. The molecule has 3 amide bonds. The highest BCUT2D eigenvalue weighted by atomic mass is 35.5. The third-order valence-electron chi connectivity index (χ3n) is 7.07. The van der Waals surface area contributed by atoms with Crippen molar-refractivity contribution in [3.8, 4) is 0 Å². The molecule has 1 heterocycles. The molecule has 3 aromatic carbocycles. The molecule has 1 aliphatic rings. The molecule has 4 rings (SSSR count). The number of rotatable bonds is 11. The zero-order valence-corrected chi connectivity index (χ0v) is 25.0. The van der Waals surface area contributed by atoms with Crippen LogP contribution in [0.25, 0.3) is 0 Å². The number of sulfonamides is 1. The number of halogens is 2. The lowest BCUT2D eigenvalue weighted by Gasteiger charge is -2.33. The van der Waals surface area contributed by atoms with Gasteiger partial charge in [-0.1, -0.05) is 78.7 Å². The highest BCUT2D eigenvalue weighted by Gasteiger charge is 2.41. The first-order valence-electron chi connectivity index (χ1n) is 13.3. The number of hydrogen-bond donors (Lipinski definition) is 1. The number of fused-ring (bicyclic) bond motifs is 1. The van der Waals surface area contributed by atoms with E-state index in [4.69, 9.17) is 23.2 Å². The van der Waals surface area contributed by atoms with Gasteiger partial charge in [0.25, 0.3) is 15.9 Å². The van der Waals surface area contributed by atoms with E-state index in [0.29, 0.717) is 26.3 Å². The van der Waals surface area contributed by atoms with Gasteiger partial charge in [-0.05, 0) is 48.7 Å². The third-order valence-corrected chi connectivity index (χ3v) is 9.50. The van der Waals surface area contributed by atoms with Crippen LogP contribution in [0.3, 0.4) is 0 Å². The summed E-state index contributed by atoms with van der Waals surface area (Å²) in [7, 11) is -4.09. The summed E-state index contributed by atoms with van der Waals surface area (Å²) < 4.78 is 26.9. The quantitative estimate of drug-likeness (QED) is 0.324. The largest absolute Gasteiger partial charge is 0.352 e. The van der Waals surface area contributed by atoms with Crippen LogP contribution in [0, 0.1) is 0 Å². The molecule has 11 heteroatoms. The summed E-state index contributed by atoms with van der Waals surface area (Å²) in [5.74, 6) is -1.54. The normalized spacial score (nSPS) is 15.2. The van der Waals surface area contributed by atoms with Gasteiger partial charge in [-0.2, -0.15) is 0 Å². The maximum atomic E-state index is 13.9. The summed E-state index contributed by atoms with van der Waals surface area (Å²) in [4.78, 5) is 41.8. The van der Waals surface area contributed by atoms with Crippen LogP contribution in [-0.2, 0) is 32.6 Å². The van der Waals surface area contributed by atoms with Crippen LogP contribution < -0.4 is 5.32 Å². The summed E-state index contributed by atoms with van der Waals surface area (Å²) in [5, 5.41) is 3.72. The van der Waals surface area contributed by atoms with Crippen LogP contribution in [0.2, 0.25) is 10.0 Å². The molecular formula is C30H31Cl2N3O5S. The summed E-state index contributed by atoms with van der Waals surface area (Å²) >= 11 is 12.6. The van der Waals surface area contributed by atoms with Crippen molar-refractivity contribution in [3.63, 3.8) is 0 Å². The summed E-state index contributed by atoms with van der Waals surface area (Å²) in [6.45, 7) is 3.42. The Morgan fingerprint density at radius 3 is 2.34 bits per heavy atom. The van der Waals surface area contributed by atoms with E-state index < -0.39 is 27.9 Å². The maximum absolute atomic E-state index is 13.9. The predicted molar refractivity (Wildman–Crippen MR) is 158 cm³/mol. The maximum Gasteiger partial charge on any atom is 0.269 e. The van der Waals surface area contributed by atoms with E-state index in [9.17, 15) is 22.8 Å². The van der Waals surface area contributed by atoms with Crippen LogP contribution >= 0.6 is 23.2 Å². The van der Waals surface area contributed by atoms with Gasteiger partial charge >= 0.3 is 0 Å².